The van der Waals surface area contributed by atoms with Crippen molar-refractivity contribution in [2.24, 2.45) is 5.10 Å². The van der Waals surface area contributed by atoms with Gasteiger partial charge in [-0.15, -0.1) is 0 Å². The molecule has 0 radical (unpaired) electrons. The van der Waals surface area contributed by atoms with Crippen LogP contribution >= 0.6 is 0 Å². The fourth-order valence-corrected chi connectivity index (χ4v) is 1.73. The van der Waals surface area contributed by atoms with Gasteiger partial charge < -0.3 is 10.1 Å². The molecule has 124 valence electrons. The first-order valence-corrected chi connectivity index (χ1v) is 7.11. The van der Waals surface area contributed by atoms with Crippen molar-refractivity contribution in [1.29, 1.82) is 0 Å². The van der Waals surface area contributed by atoms with E-state index in [-0.39, 0.29) is 24.2 Å². The molecule has 0 saturated carbocycles. The topological polar surface area (TPSA) is 79.8 Å². The Kier molecular flexibility index (Phi) is 6.01. The molecule has 2 aromatic carbocycles. The second-order valence-electron chi connectivity index (χ2n) is 4.84. The Labute approximate surface area is 138 Å². The van der Waals surface area contributed by atoms with Crippen LogP contribution in [0.4, 0.5) is 10.1 Å². The normalized spacial score (nSPS) is 10.4. The maximum Gasteiger partial charge on any atom is 0.262 e. The molecule has 0 aliphatic carbocycles. The van der Waals surface area contributed by atoms with Crippen LogP contribution in [-0.2, 0) is 9.59 Å². The molecule has 0 saturated heterocycles. The minimum atomic E-state index is -0.369. The quantitative estimate of drug-likeness (QED) is 0.630. The number of hydrazone groups is 1. The second kappa shape index (κ2) is 8.42. The number of halogens is 1. The lowest BCUT2D eigenvalue weighted by atomic mass is 10.2. The number of hydrogen-bond donors (Lipinski definition) is 2. The summed E-state index contributed by atoms with van der Waals surface area (Å²) in [5.41, 5.74) is 3.56. The van der Waals surface area contributed by atoms with Crippen LogP contribution in [0.2, 0.25) is 0 Å². The van der Waals surface area contributed by atoms with E-state index in [1.807, 2.05) is 0 Å². The van der Waals surface area contributed by atoms with Crippen LogP contribution in [0.15, 0.2) is 53.6 Å². The summed E-state index contributed by atoms with van der Waals surface area (Å²) < 4.78 is 18.1. The Morgan fingerprint density at radius 1 is 1.12 bits per heavy atom. The summed E-state index contributed by atoms with van der Waals surface area (Å²) in [6, 6.07) is 12.3. The van der Waals surface area contributed by atoms with Gasteiger partial charge in [-0.05, 0) is 54.1 Å². The monoisotopic (exact) mass is 329 g/mol. The van der Waals surface area contributed by atoms with Crippen LogP contribution in [0.3, 0.4) is 0 Å². The van der Waals surface area contributed by atoms with Gasteiger partial charge in [-0.1, -0.05) is 0 Å². The lowest BCUT2D eigenvalue weighted by molar-refractivity contribution is -0.119. The molecule has 0 unspecified atom stereocenters. The van der Waals surface area contributed by atoms with E-state index in [1.54, 1.807) is 24.3 Å². The number of rotatable bonds is 6. The largest absolute Gasteiger partial charge is 0.484 e. The maximum atomic E-state index is 12.8. The Hall–Kier alpha value is -3.22. The van der Waals surface area contributed by atoms with E-state index in [4.69, 9.17) is 4.74 Å². The molecule has 0 aromatic heterocycles. The predicted octanol–water partition coefficient (Wildman–Crippen LogP) is 2.31. The first-order chi connectivity index (χ1) is 11.5. The maximum absolute atomic E-state index is 12.8. The summed E-state index contributed by atoms with van der Waals surface area (Å²) in [5, 5.41) is 6.34. The van der Waals surface area contributed by atoms with Gasteiger partial charge in [0.05, 0.1) is 6.21 Å². The van der Waals surface area contributed by atoms with Crippen molar-refractivity contribution in [3.05, 3.63) is 59.9 Å². The highest BCUT2D eigenvalue weighted by atomic mass is 19.1. The lowest BCUT2D eigenvalue weighted by Crippen LogP contribution is -2.20. The van der Waals surface area contributed by atoms with Gasteiger partial charge in [0.15, 0.2) is 6.61 Å². The smallest absolute Gasteiger partial charge is 0.262 e. The number of benzene rings is 2. The van der Waals surface area contributed by atoms with E-state index in [9.17, 15) is 14.0 Å². The van der Waals surface area contributed by atoms with Gasteiger partial charge in [-0.3, -0.25) is 9.59 Å². The summed E-state index contributed by atoms with van der Waals surface area (Å²) in [5.74, 6) is -0.455. The summed E-state index contributed by atoms with van der Waals surface area (Å²) in [6.45, 7) is 1.20. The molecule has 7 heteroatoms. The zero-order chi connectivity index (χ0) is 17.4. The van der Waals surface area contributed by atoms with Crippen LogP contribution in [0, 0.1) is 5.82 Å². The molecule has 2 amide bonds. The van der Waals surface area contributed by atoms with Gasteiger partial charge in [-0.2, -0.15) is 5.10 Å². The Morgan fingerprint density at radius 3 is 2.42 bits per heavy atom. The number of nitrogens with zero attached hydrogens (tertiary/aromatic N) is 1. The van der Waals surface area contributed by atoms with Gasteiger partial charge in [0.2, 0.25) is 5.91 Å². The third-order valence-electron chi connectivity index (χ3n) is 2.81. The molecule has 0 bridgehead atoms. The standard InChI is InChI=1S/C17H16FN3O3/c1-12(22)21-19-10-13-2-8-16(9-3-13)24-11-17(23)20-15-6-4-14(18)5-7-15/h2-10H,11H2,1H3,(H,20,23)(H,21,22)/b19-10+. The van der Waals surface area contributed by atoms with Gasteiger partial charge in [0.25, 0.3) is 5.91 Å². The number of ether oxygens (including phenoxy) is 1. The van der Waals surface area contributed by atoms with E-state index in [2.05, 4.69) is 15.8 Å². The molecule has 0 heterocycles. The third-order valence-corrected chi connectivity index (χ3v) is 2.81. The minimum absolute atomic E-state index is 0.170. The van der Waals surface area contributed by atoms with Gasteiger partial charge in [-0.25, -0.2) is 9.82 Å². The molecule has 24 heavy (non-hydrogen) atoms. The summed E-state index contributed by atoms with van der Waals surface area (Å²) in [7, 11) is 0. The third kappa shape index (κ3) is 5.88. The van der Waals surface area contributed by atoms with E-state index >= 15 is 0 Å². The second-order valence-corrected chi connectivity index (χ2v) is 4.84. The molecule has 0 aliphatic rings. The number of amides is 2. The molecule has 2 aromatic rings. The molecular formula is C17H16FN3O3. The van der Waals surface area contributed by atoms with Crippen LogP contribution < -0.4 is 15.5 Å². The Balaban J connectivity index is 1.81. The molecule has 0 aliphatic heterocycles. The number of carbonyl (C=O) groups is 2. The SMILES string of the molecule is CC(=O)N/N=C/c1ccc(OCC(=O)Nc2ccc(F)cc2)cc1. The van der Waals surface area contributed by atoms with Crippen molar-refractivity contribution < 1.29 is 18.7 Å². The number of carbonyl (C=O) groups excluding carboxylic acids is 2. The predicted molar refractivity (Wildman–Crippen MR) is 88.4 cm³/mol. The van der Waals surface area contributed by atoms with Crippen LogP contribution in [0.5, 0.6) is 5.75 Å². The van der Waals surface area contributed by atoms with E-state index < -0.39 is 0 Å². The van der Waals surface area contributed by atoms with Crippen molar-refractivity contribution in [3.63, 3.8) is 0 Å². The molecular weight excluding hydrogens is 313 g/mol. The first kappa shape index (κ1) is 17.1. The number of nitrogens with one attached hydrogen (secondary N) is 2. The van der Waals surface area contributed by atoms with Gasteiger partial charge in [0.1, 0.15) is 11.6 Å². The average molecular weight is 329 g/mol. The first-order valence-electron chi connectivity index (χ1n) is 7.11. The molecule has 0 spiro atoms. The summed E-state index contributed by atoms with van der Waals surface area (Å²) >= 11 is 0. The van der Waals surface area contributed by atoms with E-state index in [1.165, 1.54) is 37.4 Å². The minimum Gasteiger partial charge on any atom is -0.484 e. The fraction of sp³-hybridized carbons (Fsp3) is 0.118. The fourth-order valence-electron chi connectivity index (χ4n) is 1.73. The van der Waals surface area contributed by atoms with Gasteiger partial charge >= 0.3 is 0 Å². The zero-order valence-electron chi connectivity index (χ0n) is 13.0. The van der Waals surface area contributed by atoms with Gasteiger partial charge in [0, 0.05) is 12.6 Å². The van der Waals surface area contributed by atoms with E-state index in [0.717, 1.165) is 5.56 Å². The van der Waals surface area contributed by atoms with Crippen LogP contribution in [-0.4, -0.2) is 24.6 Å². The number of hydrogen-bond acceptors (Lipinski definition) is 4. The Morgan fingerprint density at radius 2 is 1.79 bits per heavy atom. The lowest BCUT2D eigenvalue weighted by Gasteiger charge is -2.07. The molecule has 0 atom stereocenters. The molecule has 0 fully saturated rings. The van der Waals surface area contributed by atoms with Crippen molar-refractivity contribution in [3.8, 4) is 5.75 Å². The van der Waals surface area contributed by atoms with Crippen LogP contribution in [0.1, 0.15) is 12.5 Å². The molecule has 2 N–H and O–H groups in total. The van der Waals surface area contributed by atoms with Crippen molar-refractivity contribution >= 4 is 23.7 Å². The molecule has 2 rings (SSSR count). The van der Waals surface area contributed by atoms with Crippen molar-refractivity contribution in [2.75, 3.05) is 11.9 Å². The van der Waals surface area contributed by atoms with Crippen molar-refractivity contribution in [2.45, 2.75) is 6.92 Å². The average Bonchev–Trinajstić information content (AvgIpc) is 2.56. The number of anilines is 1. The highest BCUT2D eigenvalue weighted by Crippen LogP contribution is 2.12. The van der Waals surface area contributed by atoms with Crippen molar-refractivity contribution in [1.82, 2.24) is 5.43 Å². The molecule has 6 nitrogen and oxygen atoms in total. The van der Waals surface area contributed by atoms with Crippen LogP contribution in [0.25, 0.3) is 0 Å². The highest BCUT2D eigenvalue weighted by Gasteiger charge is 2.04. The van der Waals surface area contributed by atoms with E-state index in [0.29, 0.717) is 11.4 Å². The highest BCUT2D eigenvalue weighted by molar-refractivity contribution is 5.91. The summed E-state index contributed by atoms with van der Waals surface area (Å²) in [6.07, 6.45) is 1.49. The summed E-state index contributed by atoms with van der Waals surface area (Å²) in [4.78, 5) is 22.4. The zero-order valence-corrected chi connectivity index (χ0v) is 13.0. The Bertz CT molecular complexity index is 728.